The molecule has 0 aromatic rings. The molecule has 0 heterocycles. The summed E-state index contributed by atoms with van der Waals surface area (Å²) in [4.78, 5) is 0. The molecule has 0 saturated carbocycles. The largest absolute Gasteiger partial charge is 0.389 e. The fraction of sp³-hybridized carbons (Fsp3) is 0.857. The van der Waals surface area contributed by atoms with Crippen LogP contribution in [0.2, 0.25) is 0 Å². The van der Waals surface area contributed by atoms with Gasteiger partial charge in [-0.1, -0.05) is 70.8 Å². The van der Waals surface area contributed by atoms with E-state index in [1.807, 2.05) is 0 Å². The molecule has 0 fully saturated rings. The molecular weight excluding hydrogens is 184 g/mol. The van der Waals surface area contributed by atoms with E-state index in [1.54, 1.807) is 6.08 Å². The minimum Gasteiger partial charge on any atom is -0.389 e. The molecule has 0 aliphatic carbocycles. The van der Waals surface area contributed by atoms with E-state index in [2.05, 4.69) is 13.5 Å². The van der Waals surface area contributed by atoms with Crippen molar-refractivity contribution in [3.63, 3.8) is 0 Å². The molecule has 0 aliphatic rings. The Bertz CT molecular complexity index is 131. The van der Waals surface area contributed by atoms with Crippen LogP contribution in [0.3, 0.4) is 0 Å². The Balaban J connectivity index is 2.95. The van der Waals surface area contributed by atoms with Crippen LogP contribution in [0.4, 0.5) is 0 Å². The van der Waals surface area contributed by atoms with Crippen LogP contribution in [0.15, 0.2) is 12.7 Å². The smallest absolute Gasteiger partial charge is 0.0718 e. The van der Waals surface area contributed by atoms with Crippen LogP contribution in [0, 0.1) is 0 Å². The molecule has 0 radical (unpaired) electrons. The number of hydrogen-bond acceptors (Lipinski definition) is 1. The average Bonchev–Trinajstić information content (AvgIpc) is 2.26. The predicted molar refractivity (Wildman–Crippen MR) is 68.0 cm³/mol. The SMILES string of the molecule is C=CC(O)CCCCCCCCCCC. The van der Waals surface area contributed by atoms with Crippen LogP contribution >= 0.6 is 0 Å². The molecule has 0 spiro atoms. The van der Waals surface area contributed by atoms with Gasteiger partial charge in [-0.3, -0.25) is 0 Å². The second-order valence-corrected chi connectivity index (χ2v) is 4.42. The zero-order valence-corrected chi connectivity index (χ0v) is 10.4. The number of aliphatic hydroxyl groups is 1. The maximum absolute atomic E-state index is 9.24. The molecule has 1 heteroatoms. The third kappa shape index (κ3) is 11.6. The van der Waals surface area contributed by atoms with Crippen LogP contribution < -0.4 is 0 Å². The van der Waals surface area contributed by atoms with E-state index >= 15 is 0 Å². The second kappa shape index (κ2) is 11.8. The summed E-state index contributed by atoms with van der Waals surface area (Å²) in [5, 5.41) is 9.24. The van der Waals surface area contributed by atoms with Gasteiger partial charge in [0.05, 0.1) is 6.10 Å². The van der Waals surface area contributed by atoms with E-state index in [0.29, 0.717) is 0 Å². The number of aliphatic hydroxyl groups excluding tert-OH is 1. The monoisotopic (exact) mass is 212 g/mol. The molecule has 0 aromatic carbocycles. The van der Waals surface area contributed by atoms with Crippen molar-refractivity contribution in [1.29, 1.82) is 0 Å². The lowest BCUT2D eigenvalue weighted by atomic mass is 10.1. The Morgan fingerprint density at radius 2 is 1.40 bits per heavy atom. The van der Waals surface area contributed by atoms with Crippen LogP contribution in [0.1, 0.15) is 71.1 Å². The first-order valence-electron chi connectivity index (χ1n) is 6.62. The summed E-state index contributed by atoms with van der Waals surface area (Å²) in [7, 11) is 0. The third-order valence-corrected chi connectivity index (χ3v) is 2.88. The summed E-state index contributed by atoms with van der Waals surface area (Å²) in [6, 6.07) is 0. The highest BCUT2D eigenvalue weighted by atomic mass is 16.3. The van der Waals surface area contributed by atoms with Gasteiger partial charge in [0.15, 0.2) is 0 Å². The molecule has 0 aliphatic heterocycles. The molecule has 1 unspecified atom stereocenters. The summed E-state index contributed by atoms with van der Waals surface area (Å²) in [6.07, 6.45) is 14.3. The second-order valence-electron chi connectivity index (χ2n) is 4.42. The first-order valence-corrected chi connectivity index (χ1v) is 6.62. The van der Waals surface area contributed by atoms with Gasteiger partial charge in [0.25, 0.3) is 0 Å². The summed E-state index contributed by atoms with van der Waals surface area (Å²) in [6.45, 7) is 5.82. The van der Waals surface area contributed by atoms with E-state index < -0.39 is 0 Å². The molecule has 1 atom stereocenters. The van der Waals surface area contributed by atoms with Crippen LogP contribution in [-0.2, 0) is 0 Å². The molecule has 90 valence electrons. The maximum Gasteiger partial charge on any atom is 0.0718 e. The molecule has 0 saturated heterocycles. The first-order chi connectivity index (χ1) is 7.31. The Morgan fingerprint density at radius 1 is 0.933 bits per heavy atom. The highest BCUT2D eigenvalue weighted by Crippen LogP contribution is 2.11. The summed E-state index contributed by atoms with van der Waals surface area (Å²) < 4.78 is 0. The van der Waals surface area contributed by atoms with Crippen molar-refractivity contribution in [1.82, 2.24) is 0 Å². The van der Waals surface area contributed by atoms with E-state index in [4.69, 9.17) is 0 Å². The fourth-order valence-corrected chi connectivity index (χ4v) is 1.78. The normalized spacial score (nSPS) is 12.7. The molecule has 15 heavy (non-hydrogen) atoms. The maximum atomic E-state index is 9.24. The van der Waals surface area contributed by atoms with Gasteiger partial charge in [-0.05, 0) is 6.42 Å². The van der Waals surface area contributed by atoms with Gasteiger partial charge < -0.3 is 5.11 Å². The van der Waals surface area contributed by atoms with Crippen LogP contribution in [0.25, 0.3) is 0 Å². The molecular formula is C14H28O. The zero-order valence-electron chi connectivity index (χ0n) is 10.4. The Kier molecular flexibility index (Phi) is 11.5. The minimum atomic E-state index is -0.283. The lowest BCUT2D eigenvalue weighted by molar-refractivity contribution is 0.208. The van der Waals surface area contributed by atoms with Crippen molar-refractivity contribution in [2.75, 3.05) is 0 Å². The lowest BCUT2D eigenvalue weighted by Gasteiger charge is -2.04. The van der Waals surface area contributed by atoms with Gasteiger partial charge in [0.1, 0.15) is 0 Å². The van der Waals surface area contributed by atoms with Gasteiger partial charge in [0, 0.05) is 0 Å². The third-order valence-electron chi connectivity index (χ3n) is 2.88. The van der Waals surface area contributed by atoms with Crippen molar-refractivity contribution in [3.05, 3.63) is 12.7 Å². The van der Waals surface area contributed by atoms with Crippen molar-refractivity contribution >= 4 is 0 Å². The zero-order chi connectivity index (χ0) is 11.4. The van der Waals surface area contributed by atoms with Gasteiger partial charge >= 0.3 is 0 Å². The summed E-state index contributed by atoms with van der Waals surface area (Å²) >= 11 is 0. The standard InChI is InChI=1S/C14H28O/c1-3-5-6-7-8-9-10-11-12-13-14(15)4-2/h4,14-15H,2-3,5-13H2,1H3. The Morgan fingerprint density at radius 3 is 1.87 bits per heavy atom. The highest BCUT2D eigenvalue weighted by Gasteiger charge is 1.97. The highest BCUT2D eigenvalue weighted by molar-refractivity contribution is 4.77. The molecule has 0 aromatic heterocycles. The van der Waals surface area contributed by atoms with Gasteiger partial charge in [0.2, 0.25) is 0 Å². The van der Waals surface area contributed by atoms with E-state index in [0.717, 1.165) is 12.8 Å². The molecule has 0 rings (SSSR count). The molecule has 1 nitrogen and oxygen atoms in total. The van der Waals surface area contributed by atoms with Crippen molar-refractivity contribution in [3.8, 4) is 0 Å². The minimum absolute atomic E-state index is 0.283. The van der Waals surface area contributed by atoms with E-state index in [9.17, 15) is 5.11 Å². The van der Waals surface area contributed by atoms with Crippen molar-refractivity contribution < 1.29 is 5.11 Å². The van der Waals surface area contributed by atoms with Crippen molar-refractivity contribution in [2.45, 2.75) is 77.2 Å². The Labute approximate surface area is 95.6 Å². The Hall–Kier alpha value is -0.300. The van der Waals surface area contributed by atoms with Gasteiger partial charge in [-0.15, -0.1) is 6.58 Å². The number of unbranched alkanes of at least 4 members (excludes halogenated alkanes) is 8. The average molecular weight is 212 g/mol. The lowest BCUT2D eigenvalue weighted by Crippen LogP contribution is -2.00. The quantitative estimate of drug-likeness (QED) is 0.396. The summed E-state index contributed by atoms with van der Waals surface area (Å²) in [5.41, 5.74) is 0. The molecule has 1 N–H and O–H groups in total. The molecule has 0 bridgehead atoms. The van der Waals surface area contributed by atoms with E-state index in [1.165, 1.54) is 51.4 Å². The summed E-state index contributed by atoms with van der Waals surface area (Å²) in [5.74, 6) is 0. The van der Waals surface area contributed by atoms with Gasteiger partial charge in [-0.25, -0.2) is 0 Å². The first kappa shape index (κ1) is 14.7. The van der Waals surface area contributed by atoms with Crippen LogP contribution in [0.5, 0.6) is 0 Å². The molecule has 0 amide bonds. The predicted octanol–water partition coefficient (Wildman–Crippen LogP) is 4.45. The van der Waals surface area contributed by atoms with Crippen LogP contribution in [-0.4, -0.2) is 11.2 Å². The van der Waals surface area contributed by atoms with Crippen molar-refractivity contribution in [2.24, 2.45) is 0 Å². The van der Waals surface area contributed by atoms with E-state index in [-0.39, 0.29) is 6.10 Å². The number of hydrogen-bond donors (Lipinski definition) is 1. The number of rotatable bonds is 11. The van der Waals surface area contributed by atoms with Gasteiger partial charge in [-0.2, -0.15) is 0 Å². The fourth-order valence-electron chi connectivity index (χ4n) is 1.78. The topological polar surface area (TPSA) is 20.2 Å².